The summed E-state index contributed by atoms with van der Waals surface area (Å²) in [5, 5.41) is 10.0. The van der Waals surface area contributed by atoms with Crippen LogP contribution in [-0.4, -0.2) is 21.6 Å². The highest BCUT2D eigenvalue weighted by Gasteiger charge is 2.31. The number of anilines is 2. The summed E-state index contributed by atoms with van der Waals surface area (Å²) >= 11 is 1.15. The van der Waals surface area contributed by atoms with Gasteiger partial charge in [-0.25, -0.2) is 4.68 Å². The van der Waals surface area contributed by atoms with E-state index in [0.29, 0.717) is 15.6 Å². The van der Waals surface area contributed by atoms with Gasteiger partial charge in [-0.15, -0.1) is 11.3 Å². The molecule has 10 heteroatoms. The van der Waals surface area contributed by atoms with Crippen molar-refractivity contribution in [3.05, 3.63) is 59.2 Å². The molecule has 3 aromatic rings. The topological polar surface area (TPSA) is 76.0 Å². The number of carbonyl (C=O) groups is 2. The van der Waals surface area contributed by atoms with E-state index in [1.807, 2.05) is 0 Å². The highest BCUT2D eigenvalue weighted by atomic mass is 32.1. The van der Waals surface area contributed by atoms with Gasteiger partial charge in [0.1, 0.15) is 0 Å². The van der Waals surface area contributed by atoms with Gasteiger partial charge in [0.25, 0.3) is 5.91 Å². The predicted octanol–water partition coefficient (Wildman–Crippen LogP) is 4.55. The minimum atomic E-state index is -4.45. The number of aromatic nitrogens is 2. The van der Waals surface area contributed by atoms with Gasteiger partial charge in [-0.2, -0.15) is 18.3 Å². The standard InChI is InChI=1S/C19H15F3N4O2S/c20-19(21,22)12-2-1-3-14(8-12)26-10-13(9-23-26)24-18(28)15-6-7-16(29-15)25-17(27)11-4-5-11/h1-3,6-11H,4-5H2,(H,24,28)(H,25,27). The molecule has 150 valence electrons. The van der Waals surface area contributed by atoms with Crippen LogP contribution in [0.2, 0.25) is 0 Å². The van der Waals surface area contributed by atoms with E-state index in [4.69, 9.17) is 0 Å². The molecule has 0 aliphatic heterocycles. The number of thiophene rings is 1. The van der Waals surface area contributed by atoms with Gasteiger partial charge in [0.15, 0.2) is 0 Å². The first-order valence-corrected chi connectivity index (χ1v) is 9.55. The Bertz CT molecular complexity index is 1070. The second-order valence-electron chi connectivity index (χ2n) is 6.60. The monoisotopic (exact) mass is 420 g/mol. The average Bonchev–Trinajstić information content (AvgIpc) is 3.26. The number of nitrogens with zero attached hydrogens (tertiary/aromatic N) is 2. The van der Waals surface area contributed by atoms with Crippen LogP contribution in [0.4, 0.5) is 23.9 Å². The van der Waals surface area contributed by atoms with Gasteiger partial charge in [0.05, 0.1) is 39.2 Å². The maximum absolute atomic E-state index is 12.9. The van der Waals surface area contributed by atoms with Crippen molar-refractivity contribution >= 4 is 33.8 Å². The molecule has 1 aliphatic rings. The summed E-state index contributed by atoms with van der Waals surface area (Å²) < 4.78 is 39.8. The average molecular weight is 420 g/mol. The normalized spacial score (nSPS) is 13.9. The molecule has 0 atom stereocenters. The molecule has 0 spiro atoms. The molecule has 0 radical (unpaired) electrons. The van der Waals surface area contributed by atoms with Crippen molar-refractivity contribution in [3.63, 3.8) is 0 Å². The van der Waals surface area contributed by atoms with E-state index in [1.165, 1.54) is 29.2 Å². The Kier molecular flexibility index (Phi) is 4.87. The molecular formula is C19H15F3N4O2S. The van der Waals surface area contributed by atoms with Gasteiger partial charge in [0.2, 0.25) is 5.91 Å². The molecule has 2 N–H and O–H groups in total. The fraction of sp³-hybridized carbons (Fsp3) is 0.211. The first-order valence-electron chi connectivity index (χ1n) is 8.74. The molecule has 1 aromatic carbocycles. The lowest BCUT2D eigenvalue weighted by Crippen LogP contribution is -2.12. The number of carbonyl (C=O) groups excluding carboxylic acids is 2. The van der Waals surface area contributed by atoms with E-state index in [2.05, 4.69) is 15.7 Å². The van der Waals surface area contributed by atoms with Gasteiger partial charge in [0, 0.05) is 5.92 Å². The highest BCUT2D eigenvalue weighted by molar-refractivity contribution is 7.18. The van der Waals surface area contributed by atoms with Crippen LogP contribution in [0.1, 0.15) is 28.1 Å². The van der Waals surface area contributed by atoms with E-state index in [-0.39, 0.29) is 17.5 Å². The maximum Gasteiger partial charge on any atom is 0.416 e. The lowest BCUT2D eigenvalue weighted by molar-refractivity contribution is -0.137. The first-order chi connectivity index (χ1) is 13.8. The molecule has 29 heavy (non-hydrogen) atoms. The molecule has 2 heterocycles. The zero-order valence-corrected chi connectivity index (χ0v) is 15.7. The fourth-order valence-electron chi connectivity index (χ4n) is 2.64. The Labute approximate surface area is 167 Å². The van der Waals surface area contributed by atoms with E-state index in [9.17, 15) is 22.8 Å². The molecule has 1 aliphatic carbocycles. The van der Waals surface area contributed by atoms with Gasteiger partial charge in [-0.05, 0) is 43.2 Å². The number of halogens is 3. The Morgan fingerprint density at radius 2 is 1.93 bits per heavy atom. The van der Waals surface area contributed by atoms with E-state index < -0.39 is 17.6 Å². The van der Waals surface area contributed by atoms with Crippen molar-refractivity contribution in [1.82, 2.24) is 9.78 Å². The third-order valence-corrected chi connectivity index (χ3v) is 5.30. The fourth-order valence-corrected chi connectivity index (χ4v) is 3.45. The first kappa shape index (κ1) is 19.2. The van der Waals surface area contributed by atoms with Crippen molar-refractivity contribution in [2.75, 3.05) is 10.6 Å². The molecule has 6 nitrogen and oxygen atoms in total. The van der Waals surface area contributed by atoms with Crippen LogP contribution in [0.3, 0.4) is 0 Å². The summed E-state index contributed by atoms with van der Waals surface area (Å²) in [4.78, 5) is 24.6. The number of hydrogen-bond donors (Lipinski definition) is 2. The van der Waals surface area contributed by atoms with E-state index in [0.717, 1.165) is 36.3 Å². The Hall–Kier alpha value is -3.14. The molecule has 4 rings (SSSR count). The SMILES string of the molecule is O=C(Nc1cnn(-c2cccc(C(F)(F)F)c2)c1)c1ccc(NC(=O)C2CC2)s1. The molecule has 1 saturated carbocycles. The van der Waals surface area contributed by atoms with Crippen LogP contribution in [0.15, 0.2) is 48.8 Å². The summed E-state index contributed by atoms with van der Waals surface area (Å²) in [5.74, 6) is -0.372. The summed E-state index contributed by atoms with van der Waals surface area (Å²) in [5.41, 5.74) is -0.221. The van der Waals surface area contributed by atoms with Crippen LogP contribution in [-0.2, 0) is 11.0 Å². The third-order valence-electron chi connectivity index (χ3n) is 4.30. The maximum atomic E-state index is 12.9. The van der Waals surface area contributed by atoms with Crippen molar-refractivity contribution in [2.24, 2.45) is 5.92 Å². The van der Waals surface area contributed by atoms with Crippen LogP contribution < -0.4 is 10.6 Å². The molecular weight excluding hydrogens is 405 g/mol. The quantitative estimate of drug-likeness (QED) is 0.636. The van der Waals surface area contributed by atoms with Crippen molar-refractivity contribution in [2.45, 2.75) is 19.0 Å². The van der Waals surface area contributed by atoms with Crippen molar-refractivity contribution in [1.29, 1.82) is 0 Å². The van der Waals surface area contributed by atoms with Gasteiger partial charge in [-0.1, -0.05) is 6.07 Å². The smallest absolute Gasteiger partial charge is 0.319 e. The Morgan fingerprint density at radius 3 is 2.66 bits per heavy atom. The van der Waals surface area contributed by atoms with Crippen LogP contribution in [0.25, 0.3) is 5.69 Å². The highest BCUT2D eigenvalue weighted by Crippen LogP contribution is 2.32. The predicted molar refractivity (Wildman–Crippen MR) is 102 cm³/mol. The summed E-state index contributed by atoms with van der Waals surface area (Å²) in [6.45, 7) is 0. The number of alkyl halides is 3. The minimum Gasteiger partial charge on any atom is -0.319 e. The van der Waals surface area contributed by atoms with E-state index in [1.54, 1.807) is 12.1 Å². The third kappa shape index (κ3) is 4.48. The van der Waals surface area contributed by atoms with E-state index >= 15 is 0 Å². The summed E-state index contributed by atoms with van der Waals surface area (Å²) in [6.07, 6.45) is 0.102. The number of hydrogen-bond acceptors (Lipinski definition) is 4. The summed E-state index contributed by atoms with van der Waals surface area (Å²) in [7, 11) is 0. The molecule has 0 bridgehead atoms. The van der Waals surface area contributed by atoms with Crippen LogP contribution in [0.5, 0.6) is 0 Å². The number of rotatable bonds is 5. The van der Waals surface area contributed by atoms with Gasteiger partial charge in [-0.3, -0.25) is 9.59 Å². The molecule has 0 saturated heterocycles. The zero-order valence-electron chi connectivity index (χ0n) is 14.9. The van der Waals surface area contributed by atoms with Crippen LogP contribution in [0, 0.1) is 5.92 Å². The van der Waals surface area contributed by atoms with Crippen molar-refractivity contribution < 1.29 is 22.8 Å². The Balaban J connectivity index is 1.43. The van der Waals surface area contributed by atoms with Gasteiger partial charge < -0.3 is 10.6 Å². The van der Waals surface area contributed by atoms with Gasteiger partial charge >= 0.3 is 6.18 Å². The number of amides is 2. The lowest BCUT2D eigenvalue weighted by Gasteiger charge is -2.08. The van der Waals surface area contributed by atoms with Crippen LogP contribution >= 0.6 is 11.3 Å². The number of benzene rings is 1. The number of nitrogens with one attached hydrogen (secondary N) is 2. The minimum absolute atomic E-state index is 0.0406. The molecule has 1 fully saturated rings. The molecule has 2 aromatic heterocycles. The molecule has 0 unspecified atom stereocenters. The Morgan fingerprint density at radius 1 is 1.14 bits per heavy atom. The zero-order chi connectivity index (χ0) is 20.6. The van der Waals surface area contributed by atoms with Crippen molar-refractivity contribution in [3.8, 4) is 5.69 Å². The lowest BCUT2D eigenvalue weighted by atomic mass is 10.2. The largest absolute Gasteiger partial charge is 0.416 e. The molecule has 2 amide bonds. The second-order valence-corrected chi connectivity index (χ2v) is 7.69. The summed E-state index contributed by atoms with van der Waals surface area (Å²) in [6, 6.07) is 7.99. The second kappa shape index (κ2) is 7.36.